The van der Waals surface area contributed by atoms with E-state index in [1.54, 1.807) is 36.7 Å². The summed E-state index contributed by atoms with van der Waals surface area (Å²) in [6.07, 6.45) is 3.48. The Morgan fingerprint density at radius 3 is 2.72 bits per heavy atom. The molecule has 3 aromatic rings. The lowest BCUT2D eigenvalue weighted by Gasteiger charge is -2.15. The van der Waals surface area contributed by atoms with Crippen molar-refractivity contribution < 1.29 is 18.7 Å². The van der Waals surface area contributed by atoms with Crippen LogP contribution in [0.5, 0.6) is 0 Å². The molecule has 2 aliphatic heterocycles. The van der Waals surface area contributed by atoms with Gasteiger partial charge in [0.2, 0.25) is 6.23 Å². The Balaban J connectivity index is 1.23. The third kappa shape index (κ3) is 2.64. The van der Waals surface area contributed by atoms with Gasteiger partial charge in [-0.2, -0.15) is 5.26 Å². The number of halogens is 1. The molecule has 1 saturated carbocycles. The highest BCUT2D eigenvalue weighted by Crippen LogP contribution is 2.62. The Hall–Kier alpha value is -3.84. The number of anilines is 1. The quantitative estimate of drug-likeness (QED) is 0.624. The Morgan fingerprint density at radius 2 is 2.06 bits per heavy atom. The molecule has 1 amide bonds. The van der Waals surface area contributed by atoms with Crippen molar-refractivity contribution >= 4 is 11.8 Å². The molecule has 10 heteroatoms. The number of cyclic esters (lactones) is 1. The monoisotopic (exact) mass is 432 g/mol. The number of hydrogen-bond donors (Lipinski definition) is 0. The lowest BCUT2D eigenvalue weighted by Crippen LogP contribution is -2.24. The second-order valence-electron chi connectivity index (χ2n) is 8.16. The molecular formula is C22H17FN6O3. The first-order chi connectivity index (χ1) is 15.6. The van der Waals surface area contributed by atoms with Gasteiger partial charge in [-0.05, 0) is 24.3 Å². The number of benzene rings is 1. The maximum atomic E-state index is 15.0. The van der Waals surface area contributed by atoms with Crippen LogP contribution in [0.4, 0.5) is 14.9 Å². The first kappa shape index (κ1) is 18.9. The van der Waals surface area contributed by atoms with Gasteiger partial charge in [0.1, 0.15) is 11.2 Å². The average Bonchev–Trinajstić information content (AvgIpc) is 3.36. The van der Waals surface area contributed by atoms with Crippen LogP contribution in [0, 0.1) is 29.0 Å². The molecule has 0 N–H and O–H groups in total. The van der Waals surface area contributed by atoms with Crippen molar-refractivity contribution in [1.82, 2.24) is 20.0 Å². The van der Waals surface area contributed by atoms with Crippen LogP contribution in [0.2, 0.25) is 0 Å². The molecular weight excluding hydrogens is 415 g/mol. The number of rotatable bonds is 4. The lowest BCUT2D eigenvalue weighted by atomic mass is 9.96. The van der Waals surface area contributed by atoms with Crippen molar-refractivity contribution in [2.24, 2.45) is 11.8 Å². The number of nitriles is 1. The molecule has 3 aliphatic rings. The molecule has 0 radical (unpaired) electrons. The van der Waals surface area contributed by atoms with Crippen LogP contribution in [-0.4, -0.2) is 45.8 Å². The molecule has 9 nitrogen and oxygen atoms in total. The molecule has 2 unspecified atom stereocenters. The number of carbonyl (C=O) groups excluding carboxylic acids is 1. The smallest absolute Gasteiger partial charge is 0.416 e. The van der Waals surface area contributed by atoms with Crippen LogP contribution in [-0.2, 0) is 14.9 Å². The predicted molar refractivity (Wildman–Crippen MR) is 108 cm³/mol. The van der Waals surface area contributed by atoms with Crippen LogP contribution >= 0.6 is 0 Å². The van der Waals surface area contributed by atoms with Crippen LogP contribution in [0.3, 0.4) is 0 Å². The molecule has 3 fully saturated rings. The van der Waals surface area contributed by atoms with Crippen LogP contribution in [0.25, 0.3) is 11.1 Å². The molecule has 4 heterocycles. The van der Waals surface area contributed by atoms with E-state index < -0.39 is 23.6 Å². The van der Waals surface area contributed by atoms with E-state index in [4.69, 9.17) is 9.47 Å². The normalized spacial score (nSPS) is 28.3. The largest absolute Gasteiger partial charge is 0.421 e. The Bertz CT molecular complexity index is 1230. The van der Waals surface area contributed by atoms with Crippen molar-refractivity contribution in [2.75, 3.05) is 24.7 Å². The summed E-state index contributed by atoms with van der Waals surface area (Å²) < 4.78 is 27.1. The molecule has 6 rings (SSSR count). The van der Waals surface area contributed by atoms with E-state index in [2.05, 4.69) is 21.4 Å². The van der Waals surface area contributed by atoms with E-state index in [0.717, 1.165) is 0 Å². The van der Waals surface area contributed by atoms with Gasteiger partial charge in [-0.25, -0.2) is 13.9 Å². The number of carbonyl (C=O) groups is 1. The lowest BCUT2D eigenvalue weighted by molar-refractivity contribution is 0.0922. The zero-order valence-corrected chi connectivity index (χ0v) is 16.8. The predicted octanol–water partition coefficient (Wildman–Crippen LogP) is 2.67. The van der Waals surface area contributed by atoms with Gasteiger partial charge in [-0.3, -0.25) is 9.88 Å². The summed E-state index contributed by atoms with van der Waals surface area (Å²) in [5.74, 6) is -0.118. The molecule has 160 valence electrons. The van der Waals surface area contributed by atoms with Crippen LogP contribution in [0.1, 0.15) is 11.9 Å². The molecule has 0 spiro atoms. The average molecular weight is 432 g/mol. The first-order valence-electron chi connectivity index (χ1n) is 10.2. The minimum atomic E-state index is -0.621. The summed E-state index contributed by atoms with van der Waals surface area (Å²) in [4.78, 5) is 18.1. The number of amides is 1. The summed E-state index contributed by atoms with van der Waals surface area (Å²) in [5, 5.41) is 17.3. The zero-order valence-electron chi connectivity index (χ0n) is 16.8. The minimum absolute atomic E-state index is 0.184. The van der Waals surface area contributed by atoms with Gasteiger partial charge in [0.05, 0.1) is 43.4 Å². The number of ether oxygens (including phenoxy) is 2. The Kier molecular flexibility index (Phi) is 4.03. The summed E-state index contributed by atoms with van der Waals surface area (Å²) in [5.41, 5.74) is 1.46. The molecule has 1 aromatic carbocycles. The highest BCUT2D eigenvalue weighted by molar-refractivity contribution is 5.90. The summed E-state index contributed by atoms with van der Waals surface area (Å²) in [6, 6.07) is 10.6. The third-order valence-electron chi connectivity index (χ3n) is 6.62. The number of fused-ring (bicyclic) bond motifs is 1. The van der Waals surface area contributed by atoms with Gasteiger partial charge >= 0.3 is 6.09 Å². The Morgan fingerprint density at radius 1 is 1.22 bits per heavy atom. The molecule has 4 atom stereocenters. The number of hydrogen-bond acceptors (Lipinski definition) is 7. The van der Waals surface area contributed by atoms with Crippen molar-refractivity contribution in [3.63, 3.8) is 0 Å². The van der Waals surface area contributed by atoms with Gasteiger partial charge in [0.25, 0.3) is 0 Å². The van der Waals surface area contributed by atoms with E-state index in [-0.39, 0.29) is 18.4 Å². The van der Waals surface area contributed by atoms with E-state index in [9.17, 15) is 14.4 Å². The van der Waals surface area contributed by atoms with E-state index in [1.165, 1.54) is 21.8 Å². The SMILES string of the molecule is N#CC1(c2ccc(-c3ccc(N4CC(n5ccnn5)OC4=O)cc3F)cn2)[C@@H]2COC[C@@H]21. The highest BCUT2D eigenvalue weighted by Gasteiger charge is 2.70. The van der Waals surface area contributed by atoms with E-state index >= 15 is 0 Å². The molecule has 0 bridgehead atoms. The van der Waals surface area contributed by atoms with Crippen molar-refractivity contribution in [3.8, 4) is 17.2 Å². The van der Waals surface area contributed by atoms with Gasteiger partial charge in [-0.15, -0.1) is 5.10 Å². The van der Waals surface area contributed by atoms with E-state index in [0.29, 0.717) is 35.7 Å². The molecule has 1 aliphatic carbocycles. The standard InChI is InChI=1S/C22H17FN6O3/c23-18-7-14(28-9-20(32-21(28)30)29-6-5-26-27-29)2-3-15(18)13-1-4-19(25-8-13)22(12-24)16-10-31-11-17(16)22/h1-8,16-17,20H,9-11H2/t16-,17+,20?,22?. The van der Waals surface area contributed by atoms with Crippen LogP contribution < -0.4 is 4.90 Å². The minimum Gasteiger partial charge on any atom is -0.421 e. The van der Waals surface area contributed by atoms with Gasteiger partial charge in [-0.1, -0.05) is 11.3 Å². The van der Waals surface area contributed by atoms with Crippen molar-refractivity contribution in [2.45, 2.75) is 11.6 Å². The number of pyridine rings is 1. The van der Waals surface area contributed by atoms with Gasteiger partial charge in [0, 0.05) is 35.4 Å². The third-order valence-corrected chi connectivity index (χ3v) is 6.62. The molecule has 32 heavy (non-hydrogen) atoms. The van der Waals surface area contributed by atoms with Crippen molar-refractivity contribution in [3.05, 3.63) is 60.4 Å². The fourth-order valence-electron chi connectivity index (χ4n) is 4.83. The second-order valence-corrected chi connectivity index (χ2v) is 8.16. The summed E-state index contributed by atoms with van der Waals surface area (Å²) in [6.45, 7) is 1.35. The van der Waals surface area contributed by atoms with Crippen molar-refractivity contribution in [1.29, 1.82) is 5.26 Å². The summed E-state index contributed by atoms with van der Waals surface area (Å²) >= 11 is 0. The maximum Gasteiger partial charge on any atom is 0.416 e. The highest BCUT2D eigenvalue weighted by atomic mass is 19.1. The Labute approximate surface area is 182 Å². The molecule has 2 saturated heterocycles. The van der Waals surface area contributed by atoms with Gasteiger partial charge in [0.15, 0.2) is 0 Å². The topological polar surface area (TPSA) is 106 Å². The van der Waals surface area contributed by atoms with Gasteiger partial charge < -0.3 is 9.47 Å². The summed E-state index contributed by atoms with van der Waals surface area (Å²) in [7, 11) is 0. The molecule has 2 aromatic heterocycles. The zero-order chi connectivity index (χ0) is 21.9. The number of aromatic nitrogens is 4. The number of nitrogens with zero attached hydrogens (tertiary/aromatic N) is 6. The second kappa shape index (κ2) is 6.83. The van der Waals surface area contributed by atoms with E-state index in [1.807, 2.05) is 0 Å². The first-order valence-corrected chi connectivity index (χ1v) is 10.2. The fourth-order valence-corrected chi connectivity index (χ4v) is 4.83. The van der Waals surface area contributed by atoms with Crippen LogP contribution in [0.15, 0.2) is 48.9 Å². The fraction of sp³-hybridized carbons (Fsp3) is 0.318. The maximum absolute atomic E-state index is 15.0.